The van der Waals surface area contributed by atoms with E-state index in [0.29, 0.717) is 91.3 Å². The summed E-state index contributed by atoms with van der Waals surface area (Å²) in [4.78, 5) is 0. The number of rotatable bonds is 27. The Morgan fingerprint density at radius 1 is 0.280 bits per heavy atom. The molecule has 118 heavy (non-hydrogen) atoms. The maximum atomic E-state index is 14.6. The Bertz CT molecular complexity index is 4040. The second-order valence-electron chi connectivity index (χ2n) is 34.6. The summed E-state index contributed by atoms with van der Waals surface area (Å²) in [5.74, 6) is -15.2. The number of benzene rings is 7. The zero-order chi connectivity index (χ0) is 84.8. The minimum atomic E-state index is -4.62. The van der Waals surface area contributed by atoms with Gasteiger partial charge in [-0.3, -0.25) is 0 Å². The molecule has 0 saturated heterocycles. The molecule has 7 aromatic rings. The van der Waals surface area contributed by atoms with Crippen molar-refractivity contribution in [2.45, 2.75) is 296 Å². The number of hydrogen-bond donors (Lipinski definition) is 0. The number of unbranched alkanes of at least 4 members (excludes halogenated alkanes) is 2. The van der Waals surface area contributed by atoms with Crippen molar-refractivity contribution in [2.24, 2.45) is 59.2 Å². The van der Waals surface area contributed by atoms with Gasteiger partial charge in [-0.1, -0.05) is 204 Å². The Balaban J connectivity index is 0.000000166. The van der Waals surface area contributed by atoms with E-state index < -0.39 is 117 Å². The fourth-order valence-corrected chi connectivity index (χ4v) is 19.7. The lowest BCUT2D eigenvalue weighted by Gasteiger charge is -2.39. The van der Waals surface area contributed by atoms with Crippen molar-refractivity contribution < 1.29 is 88.8 Å². The van der Waals surface area contributed by atoms with Crippen LogP contribution in [0.2, 0.25) is 0 Å². The van der Waals surface area contributed by atoms with Crippen LogP contribution in [0.1, 0.15) is 293 Å². The first-order valence-electron chi connectivity index (χ1n) is 43.9. The molecule has 0 bridgehead atoms. The molecule has 7 aromatic carbocycles. The third kappa shape index (κ3) is 25.9. The predicted octanol–water partition coefficient (Wildman–Crippen LogP) is 32.4. The summed E-state index contributed by atoms with van der Waals surface area (Å²) in [5, 5.41) is 0. The second-order valence-corrected chi connectivity index (χ2v) is 34.6. The highest BCUT2D eigenvalue weighted by molar-refractivity contribution is 5.65. The molecule has 0 aliphatic heterocycles. The van der Waals surface area contributed by atoms with Gasteiger partial charge in [-0.15, -0.1) is 0 Å². The maximum Gasteiger partial charge on any atom is 0.432 e. The van der Waals surface area contributed by atoms with Gasteiger partial charge in [0.25, 0.3) is 0 Å². The van der Waals surface area contributed by atoms with Crippen LogP contribution in [-0.4, -0.2) is 12.2 Å². The number of halogens is 17. The summed E-state index contributed by atoms with van der Waals surface area (Å²) < 4.78 is 247. The van der Waals surface area contributed by atoms with Crippen molar-refractivity contribution in [3.63, 3.8) is 0 Å². The minimum absolute atomic E-state index is 0.0199. The molecule has 0 N–H and O–H groups in total. The SMILES string of the molecule is CCCC1CCC(C2CCC(C(F)(F)Oc3cc(F)c(F)c(F)c3)CC2)CC1.CCCC1CCC(c2ccc(-c3ccc(C4CCC(CCC)CC4)cc3)cc2)CC1.CCCCCC1CCC(C2CCC(C(F)(F)Oc3cc(F)c(F)c(F)c3)CC2)CC1.CCCc1ccc(-c2cc(F)c(C(F)(F)Oc3cc(F)c(F)c(F)c3)c(F)c2)cc1. The third-order valence-electron chi connectivity index (χ3n) is 26.5. The van der Waals surface area contributed by atoms with Gasteiger partial charge >= 0.3 is 18.3 Å². The first-order chi connectivity index (χ1) is 56.5. The van der Waals surface area contributed by atoms with E-state index in [1.54, 1.807) is 35.4 Å². The van der Waals surface area contributed by atoms with Crippen molar-refractivity contribution in [2.75, 3.05) is 0 Å². The third-order valence-corrected chi connectivity index (χ3v) is 26.5. The first kappa shape index (κ1) is 93.0. The van der Waals surface area contributed by atoms with Crippen LogP contribution in [0, 0.1) is 123 Å². The Labute approximate surface area is 687 Å². The molecule has 0 atom stereocenters. The van der Waals surface area contributed by atoms with E-state index in [2.05, 4.69) is 90.4 Å². The summed E-state index contributed by atoms with van der Waals surface area (Å²) in [7, 11) is 0. The summed E-state index contributed by atoms with van der Waals surface area (Å²) in [6.07, 6.45) is 28.7. The molecule has 648 valence electrons. The summed E-state index contributed by atoms with van der Waals surface area (Å²) in [5.41, 5.74) is 5.57. The smallest absolute Gasteiger partial charge is 0.432 e. The van der Waals surface area contributed by atoms with Gasteiger partial charge in [-0.2, -0.15) is 26.3 Å². The highest BCUT2D eigenvalue weighted by Gasteiger charge is 2.48. The Kier molecular flexibility index (Phi) is 34.7. The van der Waals surface area contributed by atoms with Gasteiger partial charge in [0.2, 0.25) is 0 Å². The standard InChI is InChI=1S/C30H42.C24H33F5O.C22H15F7O.C22H29F5O/c1-3-5-23-7-11-25(12-8-23)27-15-19-29(20-16-27)30-21-17-28(18-22-30)26-13-9-24(6-4-2)10-14-26;1-2-3-4-5-16-6-8-17(9-7-16)18-10-12-19(13-11-18)24(28,29)30-20-14-21(25)23(27)22(26)15-20;1-2-3-12-4-6-13(7-5-12)14-8-16(23)20(17(24)9-14)22(28,29)30-15-10-18(25)21(27)19(26)11-15;1-2-3-14-4-6-15(7-5-14)16-8-10-17(11-9-16)22(26,27)28-18-12-19(23)21(25)20(24)13-18/h15-26H,3-14H2,1-2H3;14-19H,2-13H2,1H3;4-11H,2-3H2,1H3;12-17H,2-11H2,1H3. The van der Waals surface area contributed by atoms with Crippen LogP contribution in [0.5, 0.6) is 17.2 Å². The predicted molar refractivity (Wildman–Crippen MR) is 432 cm³/mol. The van der Waals surface area contributed by atoms with Crippen molar-refractivity contribution in [3.8, 4) is 39.5 Å². The fourth-order valence-electron chi connectivity index (χ4n) is 19.7. The molecular formula is C98H119F17O3. The van der Waals surface area contributed by atoms with Crippen LogP contribution < -0.4 is 14.2 Å². The van der Waals surface area contributed by atoms with Gasteiger partial charge in [0.05, 0.1) is 11.8 Å². The van der Waals surface area contributed by atoms with Gasteiger partial charge < -0.3 is 14.2 Å². The van der Waals surface area contributed by atoms with Gasteiger partial charge in [-0.05, 0) is 245 Å². The molecule has 0 radical (unpaired) electrons. The quantitative estimate of drug-likeness (QED) is 0.0292. The molecule has 6 aliphatic carbocycles. The van der Waals surface area contributed by atoms with Gasteiger partial charge in [0.1, 0.15) is 34.4 Å². The maximum absolute atomic E-state index is 14.6. The Morgan fingerprint density at radius 2 is 0.568 bits per heavy atom. The fraction of sp³-hybridized carbons (Fsp3) is 0.571. The normalized spacial score (nSPS) is 23.8. The number of ether oxygens (including phenoxy) is 3. The molecule has 0 amide bonds. The lowest BCUT2D eigenvalue weighted by Crippen LogP contribution is -2.38. The molecule has 0 aromatic heterocycles. The Hall–Kier alpha value is -7.25. The summed E-state index contributed by atoms with van der Waals surface area (Å²) in [6, 6.07) is 29.4. The molecule has 6 aliphatic rings. The molecule has 13 rings (SSSR count). The topological polar surface area (TPSA) is 27.7 Å². The monoisotopic (exact) mass is 1670 g/mol. The van der Waals surface area contributed by atoms with Crippen LogP contribution in [0.15, 0.2) is 121 Å². The van der Waals surface area contributed by atoms with E-state index >= 15 is 0 Å². The van der Waals surface area contributed by atoms with Crippen LogP contribution in [-0.2, 0) is 12.5 Å². The number of alkyl halides is 6. The molecule has 6 fully saturated rings. The van der Waals surface area contributed by atoms with Gasteiger partial charge in [0, 0.05) is 36.4 Å². The van der Waals surface area contributed by atoms with Gasteiger partial charge in [0.15, 0.2) is 52.4 Å². The minimum Gasteiger partial charge on any atom is -0.432 e. The zero-order valence-electron chi connectivity index (χ0n) is 69.1. The summed E-state index contributed by atoms with van der Waals surface area (Å²) in [6.45, 7) is 11.1. The highest BCUT2D eigenvalue weighted by atomic mass is 19.3. The van der Waals surface area contributed by atoms with E-state index in [-0.39, 0.29) is 17.7 Å². The number of hydrogen-bond acceptors (Lipinski definition) is 3. The molecule has 0 unspecified atom stereocenters. The van der Waals surface area contributed by atoms with Crippen molar-refractivity contribution >= 4 is 0 Å². The van der Waals surface area contributed by atoms with E-state index in [9.17, 15) is 74.6 Å². The zero-order valence-corrected chi connectivity index (χ0v) is 69.1. The Morgan fingerprint density at radius 3 is 0.881 bits per heavy atom. The van der Waals surface area contributed by atoms with Crippen molar-refractivity contribution in [1.29, 1.82) is 0 Å². The van der Waals surface area contributed by atoms with Crippen molar-refractivity contribution in [1.82, 2.24) is 0 Å². The second kappa shape index (κ2) is 44.0. The van der Waals surface area contributed by atoms with Crippen LogP contribution in [0.4, 0.5) is 74.6 Å². The molecule has 3 nitrogen and oxygen atoms in total. The number of aryl methyl sites for hydroxylation is 1. The van der Waals surface area contributed by atoms with Gasteiger partial charge in [-0.25, -0.2) is 48.3 Å². The first-order valence-corrected chi connectivity index (χ1v) is 43.9. The average molecular weight is 1670 g/mol. The lowest BCUT2D eigenvalue weighted by molar-refractivity contribution is -0.225. The lowest BCUT2D eigenvalue weighted by atomic mass is 9.68. The molecular weight excluding hydrogens is 1550 g/mol. The highest BCUT2D eigenvalue weighted by Crippen LogP contribution is 2.50. The van der Waals surface area contributed by atoms with E-state index in [0.717, 1.165) is 79.6 Å². The molecule has 6 saturated carbocycles. The van der Waals surface area contributed by atoms with Crippen LogP contribution in [0.3, 0.4) is 0 Å². The average Bonchev–Trinajstić information content (AvgIpc) is 0.776. The van der Waals surface area contributed by atoms with Crippen LogP contribution in [0.25, 0.3) is 22.3 Å². The largest absolute Gasteiger partial charge is 0.432 e. The molecule has 20 heteroatoms. The molecule has 0 heterocycles. The van der Waals surface area contributed by atoms with E-state index in [1.807, 2.05) is 6.92 Å². The molecule has 0 spiro atoms. The van der Waals surface area contributed by atoms with E-state index in [4.69, 9.17) is 0 Å². The van der Waals surface area contributed by atoms with E-state index in [1.165, 1.54) is 178 Å². The summed E-state index contributed by atoms with van der Waals surface area (Å²) >= 11 is 0. The van der Waals surface area contributed by atoms with Crippen molar-refractivity contribution in [3.05, 3.63) is 208 Å². The van der Waals surface area contributed by atoms with Crippen LogP contribution >= 0.6 is 0 Å².